The Kier molecular flexibility index (Phi) is 2.76. The van der Waals surface area contributed by atoms with E-state index in [1.54, 1.807) is 0 Å². The molecule has 60 valence electrons. The zero-order valence-corrected chi connectivity index (χ0v) is 7.56. The van der Waals surface area contributed by atoms with Crippen molar-refractivity contribution in [1.29, 1.82) is 0 Å². The summed E-state index contributed by atoms with van der Waals surface area (Å²) in [5.74, 6) is 3.03. The Bertz CT molecular complexity index is 96.2. The molecule has 0 spiro atoms. The predicted octanol–water partition coefficient (Wildman–Crippen LogP) is 3.47. The van der Waals surface area contributed by atoms with Gasteiger partial charge in [0.15, 0.2) is 0 Å². The topological polar surface area (TPSA) is 0 Å². The summed E-state index contributed by atoms with van der Waals surface area (Å²) < 4.78 is 0. The second-order valence-corrected chi connectivity index (χ2v) is 4.06. The third-order valence-electron chi connectivity index (χ3n) is 3.15. The molecule has 0 nitrogen and oxygen atoms in total. The van der Waals surface area contributed by atoms with Gasteiger partial charge < -0.3 is 0 Å². The summed E-state index contributed by atoms with van der Waals surface area (Å²) in [6, 6.07) is 0. The van der Waals surface area contributed by atoms with Gasteiger partial charge in [-0.2, -0.15) is 0 Å². The summed E-state index contributed by atoms with van der Waals surface area (Å²) in [6.07, 6.45) is 5.82. The molecule has 1 saturated carbocycles. The lowest BCUT2D eigenvalue weighted by atomic mass is 9.74. The highest BCUT2D eigenvalue weighted by atomic mass is 14.3. The van der Waals surface area contributed by atoms with Crippen LogP contribution in [0, 0.1) is 17.8 Å². The molecule has 1 fully saturated rings. The molecule has 0 heterocycles. The van der Waals surface area contributed by atoms with Gasteiger partial charge in [-0.05, 0) is 24.2 Å². The van der Waals surface area contributed by atoms with E-state index in [4.69, 9.17) is 0 Å². The average Bonchev–Trinajstić information content (AvgIpc) is 1.94. The van der Waals surface area contributed by atoms with Gasteiger partial charge in [0.2, 0.25) is 0 Å². The van der Waals surface area contributed by atoms with Crippen molar-refractivity contribution in [2.75, 3.05) is 0 Å². The molecule has 0 saturated heterocycles. The number of hydrogen-bond donors (Lipinski definition) is 0. The summed E-state index contributed by atoms with van der Waals surface area (Å²) in [5.41, 5.74) is 0. The first kappa shape index (κ1) is 8.10. The van der Waals surface area contributed by atoms with Gasteiger partial charge in [0.25, 0.3) is 0 Å². The van der Waals surface area contributed by atoms with E-state index >= 15 is 0 Å². The van der Waals surface area contributed by atoms with Crippen LogP contribution in [0.15, 0.2) is 0 Å². The fourth-order valence-electron chi connectivity index (χ4n) is 2.22. The molecule has 0 N–H and O–H groups in total. The lowest BCUT2D eigenvalue weighted by molar-refractivity contribution is 0.198. The van der Waals surface area contributed by atoms with Gasteiger partial charge in [-0.15, -0.1) is 0 Å². The summed E-state index contributed by atoms with van der Waals surface area (Å²) in [6.45, 7) is 7.15. The molecule has 0 aromatic carbocycles. The van der Waals surface area contributed by atoms with Crippen molar-refractivity contribution >= 4 is 0 Å². The van der Waals surface area contributed by atoms with E-state index in [1.165, 1.54) is 25.7 Å². The highest BCUT2D eigenvalue weighted by molar-refractivity contribution is 4.74. The van der Waals surface area contributed by atoms with Gasteiger partial charge in [-0.25, -0.2) is 0 Å². The van der Waals surface area contributed by atoms with E-state index in [1.807, 2.05) is 0 Å². The molecular formula is C10H20. The van der Waals surface area contributed by atoms with E-state index in [0.29, 0.717) is 0 Å². The Labute approximate surface area is 65.0 Å². The molecule has 2 unspecified atom stereocenters. The van der Waals surface area contributed by atoms with Crippen molar-refractivity contribution in [3.05, 3.63) is 0 Å². The minimum Gasteiger partial charge on any atom is -0.0651 e. The summed E-state index contributed by atoms with van der Waals surface area (Å²) >= 11 is 0. The first-order valence-corrected chi connectivity index (χ1v) is 4.74. The van der Waals surface area contributed by atoms with Gasteiger partial charge in [-0.1, -0.05) is 40.0 Å². The molecule has 0 aromatic heterocycles. The highest BCUT2D eigenvalue weighted by Gasteiger charge is 2.23. The van der Waals surface area contributed by atoms with Crippen LogP contribution >= 0.6 is 0 Å². The smallest absolute Gasteiger partial charge is 0.0389 e. The van der Waals surface area contributed by atoms with Crippen molar-refractivity contribution in [3.63, 3.8) is 0 Å². The Balaban J connectivity index is 2.38. The minimum absolute atomic E-state index is 1.00. The lowest BCUT2D eigenvalue weighted by Crippen LogP contribution is -2.20. The van der Waals surface area contributed by atoms with Crippen molar-refractivity contribution in [3.8, 4) is 0 Å². The monoisotopic (exact) mass is 140 g/mol. The Hall–Kier alpha value is 0. The van der Waals surface area contributed by atoms with Crippen LogP contribution in [-0.2, 0) is 0 Å². The first-order valence-electron chi connectivity index (χ1n) is 4.74. The maximum atomic E-state index is 2.42. The lowest BCUT2D eigenvalue weighted by Gasteiger charge is -2.31. The van der Waals surface area contributed by atoms with E-state index < -0.39 is 0 Å². The van der Waals surface area contributed by atoms with Crippen LogP contribution in [0.1, 0.15) is 46.5 Å². The third kappa shape index (κ3) is 1.74. The summed E-state index contributed by atoms with van der Waals surface area (Å²) in [7, 11) is 0. The molecule has 10 heavy (non-hydrogen) atoms. The SMILES string of the molecule is CCC1CC(C)CC[C@@H]1C. The fraction of sp³-hybridized carbons (Fsp3) is 1.00. The van der Waals surface area contributed by atoms with Crippen molar-refractivity contribution in [1.82, 2.24) is 0 Å². The quantitative estimate of drug-likeness (QED) is 0.523. The standard InChI is InChI=1S/C10H20/c1-4-10-7-8(2)5-6-9(10)3/h8-10H,4-7H2,1-3H3/t8?,9-,10?/m0/s1. The Morgan fingerprint density at radius 1 is 1.20 bits per heavy atom. The number of rotatable bonds is 1. The molecule has 0 heteroatoms. The van der Waals surface area contributed by atoms with E-state index in [-0.39, 0.29) is 0 Å². The maximum Gasteiger partial charge on any atom is -0.0389 e. The minimum atomic E-state index is 1.00. The second kappa shape index (κ2) is 3.41. The molecule has 0 amide bonds. The first-order chi connectivity index (χ1) is 4.74. The van der Waals surface area contributed by atoms with Gasteiger partial charge >= 0.3 is 0 Å². The van der Waals surface area contributed by atoms with Crippen molar-refractivity contribution in [2.24, 2.45) is 17.8 Å². The van der Waals surface area contributed by atoms with Crippen LogP contribution in [0.5, 0.6) is 0 Å². The van der Waals surface area contributed by atoms with Crippen LogP contribution in [0.2, 0.25) is 0 Å². The molecule has 0 radical (unpaired) electrons. The largest absolute Gasteiger partial charge is 0.0651 e. The van der Waals surface area contributed by atoms with E-state index in [9.17, 15) is 0 Å². The van der Waals surface area contributed by atoms with Crippen molar-refractivity contribution in [2.45, 2.75) is 46.5 Å². The molecule has 3 atom stereocenters. The second-order valence-electron chi connectivity index (χ2n) is 4.06. The predicted molar refractivity (Wildman–Crippen MR) is 46.0 cm³/mol. The van der Waals surface area contributed by atoms with Gasteiger partial charge in [0.05, 0.1) is 0 Å². The van der Waals surface area contributed by atoms with Gasteiger partial charge in [0.1, 0.15) is 0 Å². The van der Waals surface area contributed by atoms with Crippen LogP contribution in [0.3, 0.4) is 0 Å². The summed E-state index contributed by atoms with van der Waals surface area (Å²) in [4.78, 5) is 0. The molecule has 1 aliphatic rings. The molecule has 0 aliphatic heterocycles. The van der Waals surface area contributed by atoms with Gasteiger partial charge in [-0.3, -0.25) is 0 Å². The zero-order chi connectivity index (χ0) is 7.56. The third-order valence-corrected chi connectivity index (χ3v) is 3.15. The zero-order valence-electron chi connectivity index (χ0n) is 7.56. The fourth-order valence-corrected chi connectivity index (χ4v) is 2.22. The van der Waals surface area contributed by atoms with Gasteiger partial charge in [0, 0.05) is 0 Å². The van der Waals surface area contributed by atoms with Crippen molar-refractivity contribution < 1.29 is 0 Å². The molecule has 0 aromatic rings. The van der Waals surface area contributed by atoms with Crippen LogP contribution in [0.25, 0.3) is 0 Å². The average molecular weight is 140 g/mol. The Morgan fingerprint density at radius 3 is 2.40 bits per heavy atom. The van der Waals surface area contributed by atoms with E-state index in [2.05, 4.69) is 20.8 Å². The number of hydrogen-bond acceptors (Lipinski definition) is 0. The highest BCUT2D eigenvalue weighted by Crippen LogP contribution is 2.34. The van der Waals surface area contributed by atoms with Crippen LogP contribution in [0.4, 0.5) is 0 Å². The molecular weight excluding hydrogens is 120 g/mol. The van der Waals surface area contributed by atoms with Crippen LogP contribution < -0.4 is 0 Å². The summed E-state index contributed by atoms with van der Waals surface area (Å²) in [5, 5.41) is 0. The van der Waals surface area contributed by atoms with E-state index in [0.717, 1.165) is 17.8 Å². The molecule has 1 rings (SSSR count). The Morgan fingerprint density at radius 2 is 1.90 bits per heavy atom. The normalized spacial score (nSPS) is 41.7. The van der Waals surface area contributed by atoms with Crippen LogP contribution in [-0.4, -0.2) is 0 Å². The maximum absolute atomic E-state index is 2.42. The molecule has 0 bridgehead atoms. The molecule has 1 aliphatic carbocycles.